The molecule has 12 heteroatoms. The zero-order chi connectivity index (χ0) is 24.0. The van der Waals surface area contributed by atoms with Crippen molar-refractivity contribution in [1.82, 2.24) is 19.4 Å². The highest BCUT2D eigenvalue weighted by Crippen LogP contribution is 2.20. The normalized spacial score (nSPS) is 15.0. The molecule has 0 saturated carbocycles. The molecule has 1 N–H and O–H groups in total. The minimum Gasteiger partial charge on any atom is -0.459 e. The molecular formula is C22H27N5O6S. The summed E-state index contributed by atoms with van der Waals surface area (Å²) >= 11 is 0. The number of benzene rings is 1. The van der Waals surface area contributed by atoms with Crippen LogP contribution in [0.4, 0.5) is 5.69 Å². The zero-order valence-corrected chi connectivity index (χ0v) is 19.7. The third kappa shape index (κ3) is 5.89. The molecule has 4 rings (SSSR count). The fourth-order valence-corrected chi connectivity index (χ4v) is 5.00. The molecule has 1 aromatic carbocycles. The van der Waals surface area contributed by atoms with E-state index in [0.717, 1.165) is 6.42 Å². The zero-order valence-electron chi connectivity index (χ0n) is 18.8. The molecule has 1 fully saturated rings. The van der Waals surface area contributed by atoms with Gasteiger partial charge in [-0.25, -0.2) is 8.42 Å². The Balaban J connectivity index is 1.34. The predicted molar refractivity (Wildman–Crippen MR) is 122 cm³/mol. The first-order chi connectivity index (χ1) is 16.5. The second kappa shape index (κ2) is 10.9. The van der Waals surface area contributed by atoms with Gasteiger partial charge in [-0.15, -0.1) is 10.2 Å². The summed E-state index contributed by atoms with van der Waals surface area (Å²) in [6, 6.07) is 9.63. The molecule has 0 radical (unpaired) electrons. The van der Waals surface area contributed by atoms with Crippen LogP contribution in [0.2, 0.25) is 0 Å². The number of morpholine rings is 1. The standard InChI is InChI=1S/C22H27N5O6S/c1-2-9-26(16-21-24-25-22(33-21)19-4-3-12-32-19)15-20(28)23-17-5-7-18(8-6-17)34(29,30)27-10-13-31-14-11-27/h3-8,12H,2,9-11,13-16H2,1H3,(H,23,28). The molecular weight excluding hydrogens is 462 g/mol. The van der Waals surface area contributed by atoms with Crippen LogP contribution in [-0.4, -0.2) is 73.1 Å². The molecule has 1 saturated heterocycles. The number of amides is 1. The monoisotopic (exact) mass is 489 g/mol. The lowest BCUT2D eigenvalue weighted by atomic mass is 10.3. The molecule has 34 heavy (non-hydrogen) atoms. The Morgan fingerprint density at radius 3 is 2.59 bits per heavy atom. The number of rotatable bonds is 10. The van der Waals surface area contributed by atoms with Gasteiger partial charge >= 0.3 is 0 Å². The number of anilines is 1. The van der Waals surface area contributed by atoms with Crippen LogP contribution in [0.1, 0.15) is 19.2 Å². The Hall–Kier alpha value is -3.06. The summed E-state index contributed by atoms with van der Waals surface area (Å²) in [4.78, 5) is 14.7. The topological polar surface area (TPSA) is 131 Å². The van der Waals surface area contributed by atoms with E-state index >= 15 is 0 Å². The number of furan rings is 1. The van der Waals surface area contributed by atoms with Gasteiger partial charge in [-0.05, 0) is 49.4 Å². The summed E-state index contributed by atoms with van der Waals surface area (Å²) < 4.78 is 43.0. The lowest BCUT2D eigenvalue weighted by Crippen LogP contribution is -2.40. The van der Waals surface area contributed by atoms with Gasteiger partial charge in [0.1, 0.15) is 0 Å². The molecule has 1 amide bonds. The highest BCUT2D eigenvalue weighted by molar-refractivity contribution is 7.89. The Kier molecular flexibility index (Phi) is 7.73. The van der Waals surface area contributed by atoms with Crippen molar-refractivity contribution >= 4 is 21.6 Å². The van der Waals surface area contributed by atoms with Crippen molar-refractivity contribution in [3.05, 3.63) is 48.6 Å². The van der Waals surface area contributed by atoms with Gasteiger partial charge in [0.25, 0.3) is 5.89 Å². The first-order valence-corrected chi connectivity index (χ1v) is 12.5. The summed E-state index contributed by atoms with van der Waals surface area (Å²) in [5.74, 6) is 0.916. The van der Waals surface area contributed by atoms with Gasteiger partial charge in [0, 0.05) is 18.8 Å². The maximum Gasteiger partial charge on any atom is 0.283 e. The van der Waals surface area contributed by atoms with Crippen molar-refractivity contribution in [2.75, 3.05) is 44.7 Å². The Morgan fingerprint density at radius 1 is 1.15 bits per heavy atom. The van der Waals surface area contributed by atoms with E-state index in [9.17, 15) is 13.2 Å². The van der Waals surface area contributed by atoms with Gasteiger partial charge in [-0.2, -0.15) is 4.31 Å². The van der Waals surface area contributed by atoms with Crippen LogP contribution in [-0.2, 0) is 26.1 Å². The molecule has 1 aliphatic heterocycles. The van der Waals surface area contributed by atoms with Crippen LogP contribution < -0.4 is 5.32 Å². The second-order valence-electron chi connectivity index (χ2n) is 7.78. The Labute approximate surface area is 197 Å². The highest BCUT2D eigenvalue weighted by Gasteiger charge is 2.26. The van der Waals surface area contributed by atoms with Gasteiger partial charge in [0.2, 0.25) is 21.8 Å². The van der Waals surface area contributed by atoms with Crippen LogP contribution in [0.3, 0.4) is 0 Å². The number of hydrogen-bond donors (Lipinski definition) is 1. The number of sulfonamides is 1. The van der Waals surface area contributed by atoms with Crippen molar-refractivity contribution in [1.29, 1.82) is 0 Å². The number of ether oxygens (including phenoxy) is 1. The third-order valence-electron chi connectivity index (χ3n) is 5.21. The van der Waals surface area contributed by atoms with Crippen LogP contribution in [0.5, 0.6) is 0 Å². The number of carbonyl (C=O) groups excluding carboxylic acids is 1. The summed E-state index contributed by atoms with van der Waals surface area (Å²) in [7, 11) is -3.58. The molecule has 3 aromatic rings. The molecule has 0 bridgehead atoms. The molecule has 1 aliphatic rings. The van der Waals surface area contributed by atoms with Crippen LogP contribution in [0, 0.1) is 0 Å². The minimum absolute atomic E-state index is 0.111. The van der Waals surface area contributed by atoms with Crippen LogP contribution >= 0.6 is 0 Å². The molecule has 11 nitrogen and oxygen atoms in total. The molecule has 182 valence electrons. The number of carbonyl (C=O) groups is 1. The first kappa shape index (κ1) is 24.1. The Bertz CT molecular complexity index is 1170. The average molecular weight is 490 g/mol. The number of nitrogens with zero attached hydrogens (tertiary/aromatic N) is 4. The van der Waals surface area contributed by atoms with Crippen LogP contribution in [0.25, 0.3) is 11.7 Å². The summed E-state index contributed by atoms with van der Waals surface area (Å²) in [6.45, 7) is 4.52. The SMILES string of the molecule is CCCN(CC(=O)Nc1ccc(S(=O)(=O)N2CCOCC2)cc1)Cc1nnc(-c2ccco2)o1. The fraction of sp³-hybridized carbons (Fsp3) is 0.409. The summed E-state index contributed by atoms with van der Waals surface area (Å²) in [5, 5.41) is 10.8. The van der Waals surface area contributed by atoms with Crippen molar-refractivity contribution in [2.24, 2.45) is 0 Å². The van der Waals surface area contributed by atoms with E-state index in [0.29, 0.717) is 56.7 Å². The molecule has 0 aliphatic carbocycles. The van der Waals surface area contributed by atoms with Gasteiger partial charge in [-0.1, -0.05) is 6.92 Å². The van der Waals surface area contributed by atoms with Crippen molar-refractivity contribution < 1.29 is 26.8 Å². The first-order valence-electron chi connectivity index (χ1n) is 11.0. The van der Waals surface area contributed by atoms with Crippen molar-refractivity contribution in [3.8, 4) is 11.7 Å². The van der Waals surface area contributed by atoms with E-state index in [1.54, 1.807) is 24.3 Å². The maximum absolute atomic E-state index is 12.7. The highest BCUT2D eigenvalue weighted by atomic mass is 32.2. The van der Waals surface area contributed by atoms with E-state index in [-0.39, 0.29) is 23.2 Å². The lowest BCUT2D eigenvalue weighted by molar-refractivity contribution is -0.117. The van der Waals surface area contributed by atoms with Crippen molar-refractivity contribution in [2.45, 2.75) is 24.8 Å². The van der Waals surface area contributed by atoms with E-state index in [1.807, 2.05) is 11.8 Å². The number of aromatic nitrogens is 2. The maximum atomic E-state index is 12.7. The molecule has 3 heterocycles. The quantitative estimate of drug-likeness (QED) is 0.455. The van der Waals surface area contributed by atoms with Gasteiger partial charge < -0.3 is 18.9 Å². The molecule has 2 aromatic heterocycles. The molecule has 0 unspecified atom stereocenters. The number of hydrogen-bond acceptors (Lipinski definition) is 9. The van der Waals surface area contributed by atoms with E-state index in [1.165, 1.54) is 22.7 Å². The summed E-state index contributed by atoms with van der Waals surface area (Å²) in [5.41, 5.74) is 0.514. The third-order valence-corrected chi connectivity index (χ3v) is 7.12. The van der Waals surface area contributed by atoms with Crippen LogP contribution in [0.15, 0.2) is 56.4 Å². The van der Waals surface area contributed by atoms with E-state index < -0.39 is 10.0 Å². The lowest BCUT2D eigenvalue weighted by Gasteiger charge is -2.26. The van der Waals surface area contributed by atoms with Gasteiger partial charge in [-0.3, -0.25) is 9.69 Å². The predicted octanol–water partition coefficient (Wildman–Crippen LogP) is 2.20. The molecule has 0 spiro atoms. The smallest absolute Gasteiger partial charge is 0.283 e. The largest absolute Gasteiger partial charge is 0.459 e. The van der Waals surface area contributed by atoms with Gasteiger partial charge in [0.05, 0.1) is 37.5 Å². The minimum atomic E-state index is -3.58. The fourth-order valence-electron chi connectivity index (χ4n) is 3.59. The second-order valence-corrected chi connectivity index (χ2v) is 9.72. The van der Waals surface area contributed by atoms with Gasteiger partial charge in [0.15, 0.2) is 5.76 Å². The van der Waals surface area contributed by atoms with Crippen molar-refractivity contribution in [3.63, 3.8) is 0 Å². The average Bonchev–Trinajstić information content (AvgIpc) is 3.52. The van der Waals surface area contributed by atoms with E-state index in [2.05, 4.69) is 15.5 Å². The summed E-state index contributed by atoms with van der Waals surface area (Å²) in [6.07, 6.45) is 2.36. The van der Waals surface area contributed by atoms with E-state index in [4.69, 9.17) is 13.6 Å². The Morgan fingerprint density at radius 2 is 1.91 bits per heavy atom. The molecule has 0 atom stereocenters. The number of nitrogens with one attached hydrogen (secondary N) is 1.